The van der Waals surface area contributed by atoms with Crippen molar-refractivity contribution in [3.63, 3.8) is 0 Å². The van der Waals surface area contributed by atoms with Gasteiger partial charge in [0.15, 0.2) is 0 Å². The first-order valence-electron chi connectivity index (χ1n) is 12.2. The fraction of sp³-hybridized carbons (Fsp3) is 0.179. The molecule has 2 heterocycles. The molecule has 0 radical (unpaired) electrons. The molecule has 4 aromatic rings. The first-order chi connectivity index (χ1) is 19.4. The molecule has 9 nitrogen and oxygen atoms in total. The van der Waals surface area contributed by atoms with E-state index in [9.17, 15) is 27.9 Å². The number of alkyl halides is 3. The number of benzene rings is 2. The molecule has 2 aromatic carbocycles. The quantitative estimate of drug-likeness (QED) is 0.223. The van der Waals surface area contributed by atoms with Gasteiger partial charge in [0, 0.05) is 31.2 Å². The Labute approximate surface area is 237 Å². The number of amides is 1. The summed E-state index contributed by atoms with van der Waals surface area (Å²) in [7, 11) is 0. The van der Waals surface area contributed by atoms with E-state index in [1.807, 2.05) is 0 Å². The van der Waals surface area contributed by atoms with Crippen LogP contribution in [0.4, 0.5) is 24.8 Å². The van der Waals surface area contributed by atoms with Crippen LogP contribution in [0.2, 0.25) is 5.02 Å². The summed E-state index contributed by atoms with van der Waals surface area (Å²) >= 11 is 5.86. The molecule has 0 atom stereocenters. The smallest absolute Gasteiger partial charge is 0.419 e. The zero-order valence-corrected chi connectivity index (χ0v) is 22.4. The number of hydrogen-bond donors (Lipinski definition) is 2. The number of pyridine rings is 1. The number of nitrogens with zero attached hydrogens (tertiary/aromatic N) is 4. The van der Waals surface area contributed by atoms with E-state index in [0.29, 0.717) is 10.6 Å². The number of rotatable bonds is 9. The van der Waals surface area contributed by atoms with E-state index >= 15 is 0 Å². The van der Waals surface area contributed by atoms with E-state index in [2.05, 4.69) is 20.3 Å². The summed E-state index contributed by atoms with van der Waals surface area (Å²) in [6, 6.07) is 11.2. The molecule has 2 aromatic heterocycles. The molecule has 41 heavy (non-hydrogen) atoms. The number of aromatic carboxylic acids is 1. The van der Waals surface area contributed by atoms with Crippen molar-refractivity contribution in [3.05, 3.63) is 101 Å². The van der Waals surface area contributed by atoms with E-state index in [4.69, 9.17) is 16.3 Å². The number of carboxylic acid groups (broad SMARTS) is 1. The van der Waals surface area contributed by atoms with Crippen LogP contribution in [0.25, 0.3) is 0 Å². The zero-order valence-electron chi connectivity index (χ0n) is 21.7. The molecular formula is C28H23ClF3N5O4. The maximum absolute atomic E-state index is 14.0. The number of carbonyl (C=O) groups excluding carboxylic acids is 1. The number of carboxylic acids is 1. The minimum absolute atomic E-state index is 0.0159. The summed E-state index contributed by atoms with van der Waals surface area (Å²) in [5.74, 6) is -2.43. The Morgan fingerprint density at radius 2 is 1.78 bits per heavy atom. The van der Waals surface area contributed by atoms with Gasteiger partial charge in [0.2, 0.25) is 5.95 Å². The van der Waals surface area contributed by atoms with Gasteiger partial charge in [0.1, 0.15) is 17.2 Å². The summed E-state index contributed by atoms with van der Waals surface area (Å²) in [5.41, 5.74) is -1.07. The molecule has 0 fully saturated rings. The molecule has 212 valence electrons. The van der Waals surface area contributed by atoms with Crippen LogP contribution in [-0.2, 0) is 12.7 Å². The molecule has 0 unspecified atom stereocenters. The van der Waals surface area contributed by atoms with Crippen molar-refractivity contribution in [1.82, 2.24) is 15.0 Å². The normalized spacial score (nSPS) is 11.3. The lowest BCUT2D eigenvalue weighted by Crippen LogP contribution is -2.38. The largest absolute Gasteiger partial charge is 0.478 e. The van der Waals surface area contributed by atoms with E-state index in [0.717, 1.165) is 18.2 Å². The van der Waals surface area contributed by atoms with Crippen LogP contribution in [0.15, 0.2) is 73.2 Å². The topological polar surface area (TPSA) is 118 Å². The summed E-state index contributed by atoms with van der Waals surface area (Å²) in [5, 5.41) is 13.1. The third-order valence-electron chi connectivity index (χ3n) is 5.73. The molecule has 1 amide bonds. The van der Waals surface area contributed by atoms with Gasteiger partial charge in [0.05, 0.1) is 21.8 Å². The van der Waals surface area contributed by atoms with Gasteiger partial charge >= 0.3 is 12.1 Å². The van der Waals surface area contributed by atoms with Gasteiger partial charge in [-0.25, -0.2) is 19.7 Å². The first kappa shape index (κ1) is 29.3. The van der Waals surface area contributed by atoms with Crippen molar-refractivity contribution >= 4 is 35.1 Å². The lowest BCUT2D eigenvalue weighted by molar-refractivity contribution is -0.138. The first-order valence-corrected chi connectivity index (χ1v) is 12.5. The SMILES string of the molecule is CC(C)N(C(=O)c1ccc(Cl)cn1)c1ccc(Oc2ccc(CNc3ncccn3)cc2C(F)(F)F)cc1C(=O)O. The Morgan fingerprint density at radius 3 is 2.39 bits per heavy atom. The van der Waals surface area contributed by atoms with E-state index < -0.39 is 35.4 Å². The number of hydrogen-bond acceptors (Lipinski definition) is 7. The molecule has 0 aliphatic carbocycles. The Hall–Kier alpha value is -4.71. The number of nitrogens with one attached hydrogen (secondary N) is 1. The second-order valence-electron chi connectivity index (χ2n) is 8.97. The van der Waals surface area contributed by atoms with Crippen LogP contribution >= 0.6 is 11.6 Å². The van der Waals surface area contributed by atoms with Crippen molar-refractivity contribution in [2.24, 2.45) is 0 Å². The van der Waals surface area contributed by atoms with Crippen molar-refractivity contribution in [2.75, 3.05) is 10.2 Å². The second kappa shape index (κ2) is 12.2. The third-order valence-corrected chi connectivity index (χ3v) is 5.96. The summed E-state index contributed by atoms with van der Waals surface area (Å²) in [6.45, 7) is 3.38. The van der Waals surface area contributed by atoms with Gasteiger partial charge in [-0.1, -0.05) is 17.7 Å². The van der Waals surface area contributed by atoms with Gasteiger partial charge in [-0.15, -0.1) is 0 Å². The third kappa shape index (κ3) is 7.09. The van der Waals surface area contributed by atoms with Crippen molar-refractivity contribution in [1.29, 1.82) is 0 Å². The van der Waals surface area contributed by atoms with Crippen LogP contribution < -0.4 is 15.0 Å². The monoisotopic (exact) mass is 585 g/mol. The van der Waals surface area contributed by atoms with Crippen molar-refractivity contribution in [3.8, 4) is 11.5 Å². The van der Waals surface area contributed by atoms with E-state index in [1.54, 1.807) is 19.9 Å². The van der Waals surface area contributed by atoms with Gasteiger partial charge in [-0.05, 0) is 67.9 Å². The fourth-order valence-electron chi connectivity index (χ4n) is 3.90. The zero-order chi connectivity index (χ0) is 29.7. The highest BCUT2D eigenvalue weighted by molar-refractivity contribution is 6.30. The molecule has 0 aliphatic heterocycles. The number of ether oxygens (including phenoxy) is 1. The Balaban J connectivity index is 1.65. The van der Waals surface area contributed by atoms with E-state index in [1.165, 1.54) is 53.8 Å². The number of aromatic nitrogens is 3. The summed E-state index contributed by atoms with van der Waals surface area (Å²) < 4.78 is 47.4. The molecular weight excluding hydrogens is 563 g/mol. The molecule has 13 heteroatoms. The fourth-order valence-corrected chi connectivity index (χ4v) is 4.02. The van der Waals surface area contributed by atoms with Gasteiger partial charge in [-0.2, -0.15) is 13.2 Å². The van der Waals surface area contributed by atoms with Crippen LogP contribution in [0, 0.1) is 0 Å². The summed E-state index contributed by atoms with van der Waals surface area (Å²) in [6.07, 6.45) is -0.488. The van der Waals surface area contributed by atoms with Crippen LogP contribution in [0.3, 0.4) is 0 Å². The minimum Gasteiger partial charge on any atom is -0.478 e. The molecule has 0 aliphatic rings. The standard InChI is InChI=1S/C28H23ClF3N5O4/c1-16(2)37(25(38)22-7-5-18(29)15-35-22)23-8-6-19(13-20(23)26(39)40)41-24-9-4-17(12-21(24)28(30,31)32)14-36-27-33-10-3-11-34-27/h3-13,15-16H,14H2,1-2H3,(H,39,40)(H,33,34,36). The van der Waals surface area contributed by atoms with E-state index in [-0.39, 0.29) is 35.2 Å². The average molecular weight is 586 g/mol. The average Bonchev–Trinajstić information content (AvgIpc) is 2.93. The second-order valence-corrected chi connectivity index (χ2v) is 9.41. The maximum Gasteiger partial charge on any atom is 0.419 e. The molecule has 2 N–H and O–H groups in total. The van der Waals surface area contributed by atoms with Gasteiger partial charge in [-0.3, -0.25) is 4.79 Å². The van der Waals surface area contributed by atoms with Gasteiger partial charge < -0.3 is 20.1 Å². The number of halogens is 4. The highest BCUT2D eigenvalue weighted by atomic mass is 35.5. The molecule has 0 saturated heterocycles. The van der Waals surface area contributed by atoms with Crippen molar-refractivity contribution in [2.45, 2.75) is 32.6 Å². The highest BCUT2D eigenvalue weighted by Crippen LogP contribution is 2.40. The van der Waals surface area contributed by atoms with Crippen LogP contribution in [0.5, 0.6) is 11.5 Å². The molecule has 4 rings (SSSR count). The molecule has 0 saturated carbocycles. The number of carbonyl (C=O) groups is 2. The minimum atomic E-state index is -4.77. The predicted octanol–water partition coefficient (Wildman–Crippen LogP) is 6.70. The van der Waals surface area contributed by atoms with Gasteiger partial charge in [0.25, 0.3) is 5.91 Å². The maximum atomic E-state index is 14.0. The molecule has 0 spiro atoms. The van der Waals surface area contributed by atoms with Crippen LogP contribution in [0.1, 0.15) is 45.8 Å². The Bertz CT molecular complexity index is 1550. The van der Waals surface area contributed by atoms with Crippen molar-refractivity contribution < 1.29 is 32.6 Å². The lowest BCUT2D eigenvalue weighted by atomic mass is 10.1. The Kier molecular flexibility index (Phi) is 8.72. The summed E-state index contributed by atoms with van der Waals surface area (Å²) in [4.78, 5) is 38.6. The van der Waals surface area contributed by atoms with Crippen LogP contribution in [-0.4, -0.2) is 38.0 Å². The Morgan fingerprint density at radius 1 is 1.05 bits per heavy atom. The highest BCUT2D eigenvalue weighted by Gasteiger charge is 2.35. The lowest BCUT2D eigenvalue weighted by Gasteiger charge is -2.28. The molecule has 0 bridgehead atoms. The number of anilines is 2. The predicted molar refractivity (Wildman–Crippen MR) is 145 cm³/mol.